The number of aromatic nitrogens is 2. The van der Waals surface area contributed by atoms with Crippen molar-refractivity contribution in [2.24, 2.45) is 0 Å². The van der Waals surface area contributed by atoms with E-state index < -0.39 is 0 Å². The average Bonchev–Trinajstić information content (AvgIpc) is 3.25. The summed E-state index contributed by atoms with van der Waals surface area (Å²) in [6.45, 7) is 4.12. The molecule has 2 heterocycles. The van der Waals surface area contributed by atoms with Crippen molar-refractivity contribution in [2.45, 2.75) is 31.6 Å². The Morgan fingerprint density at radius 2 is 1.91 bits per heavy atom. The molecule has 4 rings (SSSR count). The van der Waals surface area contributed by atoms with Gasteiger partial charge in [0.15, 0.2) is 0 Å². The van der Waals surface area contributed by atoms with Gasteiger partial charge in [-0.15, -0.1) is 0 Å². The van der Waals surface area contributed by atoms with Gasteiger partial charge in [-0.1, -0.05) is 18.9 Å². The average molecular weight is 312 g/mol. The number of hydrogen-bond donors (Lipinski definition) is 2. The van der Waals surface area contributed by atoms with Gasteiger partial charge in [-0.05, 0) is 25.0 Å². The molecule has 1 saturated heterocycles. The SMILES string of the molecule is Oc1cccc(-n2ncc(N3CCNCC3)c2C2CCCC2)c1. The summed E-state index contributed by atoms with van der Waals surface area (Å²) in [7, 11) is 0. The molecule has 5 heteroatoms. The Balaban J connectivity index is 1.77. The number of hydrogen-bond acceptors (Lipinski definition) is 4. The summed E-state index contributed by atoms with van der Waals surface area (Å²) in [5.74, 6) is 0.865. The van der Waals surface area contributed by atoms with Crippen LogP contribution in [0.15, 0.2) is 30.5 Å². The van der Waals surface area contributed by atoms with E-state index >= 15 is 0 Å². The number of piperazine rings is 1. The van der Waals surface area contributed by atoms with Gasteiger partial charge in [0.2, 0.25) is 0 Å². The van der Waals surface area contributed by atoms with Gasteiger partial charge in [0.05, 0.1) is 23.3 Å². The van der Waals surface area contributed by atoms with E-state index in [2.05, 4.69) is 10.2 Å². The molecule has 2 aromatic rings. The van der Waals surface area contributed by atoms with Crippen LogP contribution in [-0.2, 0) is 0 Å². The molecule has 0 radical (unpaired) electrons. The molecular weight excluding hydrogens is 288 g/mol. The molecule has 1 aromatic heterocycles. The summed E-state index contributed by atoms with van der Waals surface area (Å²) >= 11 is 0. The molecule has 0 amide bonds. The molecule has 1 aromatic carbocycles. The zero-order valence-electron chi connectivity index (χ0n) is 13.4. The summed E-state index contributed by atoms with van der Waals surface area (Å²) in [6, 6.07) is 7.41. The Kier molecular flexibility index (Phi) is 3.95. The number of nitrogens with zero attached hydrogens (tertiary/aromatic N) is 3. The van der Waals surface area contributed by atoms with Gasteiger partial charge in [0, 0.05) is 38.2 Å². The van der Waals surface area contributed by atoms with E-state index in [4.69, 9.17) is 5.10 Å². The minimum absolute atomic E-state index is 0.291. The second kappa shape index (κ2) is 6.24. The van der Waals surface area contributed by atoms with E-state index in [1.165, 1.54) is 37.1 Å². The number of anilines is 1. The lowest BCUT2D eigenvalue weighted by atomic mass is 10.0. The van der Waals surface area contributed by atoms with E-state index in [1.807, 2.05) is 23.0 Å². The number of phenolic OH excluding ortho intramolecular Hbond substituents is 1. The van der Waals surface area contributed by atoms with Crippen LogP contribution in [-0.4, -0.2) is 41.1 Å². The van der Waals surface area contributed by atoms with E-state index in [0.717, 1.165) is 31.9 Å². The molecule has 0 unspecified atom stereocenters. The molecule has 1 saturated carbocycles. The monoisotopic (exact) mass is 312 g/mol. The smallest absolute Gasteiger partial charge is 0.117 e. The maximum absolute atomic E-state index is 9.83. The Hall–Kier alpha value is -2.01. The third-order valence-corrected chi connectivity index (χ3v) is 5.06. The Morgan fingerprint density at radius 1 is 1.13 bits per heavy atom. The van der Waals surface area contributed by atoms with Gasteiger partial charge in [0.1, 0.15) is 5.75 Å². The highest BCUT2D eigenvalue weighted by Crippen LogP contribution is 2.40. The Labute approximate surface area is 136 Å². The van der Waals surface area contributed by atoms with E-state index in [9.17, 15) is 5.11 Å². The van der Waals surface area contributed by atoms with E-state index in [-0.39, 0.29) is 0 Å². The van der Waals surface area contributed by atoms with E-state index in [1.54, 1.807) is 12.1 Å². The van der Waals surface area contributed by atoms with Crippen molar-refractivity contribution in [3.8, 4) is 11.4 Å². The lowest BCUT2D eigenvalue weighted by Gasteiger charge is -2.30. The van der Waals surface area contributed by atoms with Crippen LogP contribution in [0.1, 0.15) is 37.3 Å². The number of benzene rings is 1. The zero-order chi connectivity index (χ0) is 15.6. The van der Waals surface area contributed by atoms with Crippen LogP contribution < -0.4 is 10.2 Å². The van der Waals surface area contributed by atoms with Crippen LogP contribution in [0, 0.1) is 0 Å². The first-order chi connectivity index (χ1) is 11.3. The third kappa shape index (κ3) is 2.81. The van der Waals surface area contributed by atoms with Gasteiger partial charge in [0.25, 0.3) is 0 Å². The molecule has 1 aliphatic heterocycles. The highest BCUT2D eigenvalue weighted by atomic mass is 16.3. The molecule has 0 spiro atoms. The van der Waals surface area contributed by atoms with Gasteiger partial charge in [-0.2, -0.15) is 5.10 Å². The molecule has 1 aliphatic carbocycles. The first-order valence-electron chi connectivity index (χ1n) is 8.66. The quantitative estimate of drug-likeness (QED) is 0.915. The Bertz CT molecular complexity index is 669. The molecule has 0 bridgehead atoms. The molecule has 23 heavy (non-hydrogen) atoms. The van der Waals surface area contributed by atoms with Crippen LogP contribution in [0.3, 0.4) is 0 Å². The Morgan fingerprint density at radius 3 is 2.65 bits per heavy atom. The largest absolute Gasteiger partial charge is 0.508 e. The normalized spacial score (nSPS) is 19.4. The predicted molar refractivity (Wildman–Crippen MR) is 91.5 cm³/mol. The van der Waals surface area contributed by atoms with Crippen molar-refractivity contribution in [3.63, 3.8) is 0 Å². The van der Waals surface area contributed by atoms with Crippen LogP contribution >= 0.6 is 0 Å². The first-order valence-corrected chi connectivity index (χ1v) is 8.66. The maximum Gasteiger partial charge on any atom is 0.117 e. The van der Waals surface area contributed by atoms with Crippen molar-refractivity contribution in [1.29, 1.82) is 0 Å². The van der Waals surface area contributed by atoms with E-state index in [0.29, 0.717) is 11.7 Å². The van der Waals surface area contributed by atoms with Crippen LogP contribution in [0.4, 0.5) is 5.69 Å². The molecule has 2 N–H and O–H groups in total. The fraction of sp³-hybridized carbons (Fsp3) is 0.500. The van der Waals surface area contributed by atoms with Crippen molar-refractivity contribution in [3.05, 3.63) is 36.2 Å². The minimum atomic E-state index is 0.291. The van der Waals surface area contributed by atoms with Gasteiger partial charge in [-0.3, -0.25) is 0 Å². The molecule has 2 aliphatic rings. The number of nitrogens with one attached hydrogen (secondary N) is 1. The van der Waals surface area contributed by atoms with Gasteiger partial charge < -0.3 is 15.3 Å². The molecular formula is C18H24N4O. The van der Waals surface area contributed by atoms with Crippen molar-refractivity contribution < 1.29 is 5.11 Å². The maximum atomic E-state index is 9.83. The second-order valence-electron chi connectivity index (χ2n) is 6.57. The molecule has 0 atom stereocenters. The van der Waals surface area contributed by atoms with Crippen LogP contribution in [0.25, 0.3) is 5.69 Å². The molecule has 122 valence electrons. The summed E-state index contributed by atoms with van der Waals surface area (Å²) in [6.07, 6.45) is 7.10. The summed E-state index contributed by atoms with van der Waals surface area (Å²) in [5, 5.41) is 17.9. The van der Waals surface area contributed by atoms with Gasteiger partial charge >= 0.3 is 0 Å². The van der Waals surface area contributed by atoms with Crippen molar-refractivity contribution in [2.75, 3.05) is 31.1 Å². The van der Waals surface area contributed by atoms with Crippen molar-refractivity contribution in [1.82, 2.24) is 15.1 Å². The highest BCUT2D eigenvalue weighted by molar-refractivity contribution is 5.55. The summed E-state index contributed by atoms with van der Waals surface area (Å²) in [4.78, 5) is 2.45. The summed E-state index contributed by atoms with van der Waals surface area (Å²) in [5.41, 5.74) is 3.56. The molecule has 2 fully saturated rings. The second-order valence-corrected chi connectivity index (χ2v) is 6.57. The number of aromatic hydroxyl groups is 1. The fourth-order valence-corrected chi connectivity index (χ4v) is 3.91. The van der Waals surface area contributed by atoms with Crippen LogP contribution in [0.5, 0.6) is 5.75 Å². The van der Waals surface area contributed by atoms with Crippen molar-refractivity contribution >= 4 is 5.69 Å². The van der Waals surface area contributed by atoms with Gasteiger partial charge in [-0.25, -0.2) is 4.68 Å². The number of rotatable bonds is 3. The van der Waals surface area contributed by atoms with Crippen LogP contribution in [0.2, 0.25) is 0 Å². The summed E-state index contributed by atoms with van der Waals surface area (Å²) < 4.78 is 2.05. The standard InChI is InChI=1S/C18H24N4O/c23-16-7-3-6-15(12-16)22-18(14-4-1-2-5-14)17(13-20-22)21-10-8-19-9-11-21/h3,6-7,12-14,19,23H,1-2,4-5,8-11H2. The zero-order valence-corrected chi connectivity index (χ0v) is 13.4. The third-order valence-electron chi connectivity index (χ3n) is 5.06. The molecule has 5 nitrogen and oxygen atoms in total. The first kappa shape index (κ1) is 14.6. The fourth-order valence-electron chi connectivity index (χ4n) is 3.91. The highest BCUT2D eigenvalue weighted by Gasteiger charge is 2.28. The predicted octanol–water partition coefficient (Wildman–Crippen LogP) is 2.65. The topological polar surface area (TPSA) is 53.3 Å². The number of phenols is 1. The lowest BCUT2D eigenvalue weighted by Crippen LogP contribution is -2.43. The minimum Gasteiger partial charge on any atom is -0.508 e. The lowest BCUT2D eigenvalue weighted by molar-refractivity contribution is 0.474.